The molecule has 0 bridgehead atoms. The van der Waals surface area contributed by atoms with E-state index in [1.165, 1.54) is 89.9 Å². The Balaban J connectivity index is 3.63. The number of hydrogen-bond donors (Lipinski definition) is 0. The van der Waals surface area contributed by atoms with Crippen molar-refractivity contribution < 1.29 is 0 Å². The minimum atomic E-state index is 1.03. The van der Waals surface area contributed by atoms with Crippen molar-refractivity contribution in [2.75, 3.05) is 0 Å². The quantitative estimate of drug-likeness (QED) is 0.272. The van der Waals surface area contributed by atoms with Gasteiger partial charge in [0.05, 0.1) is 0 Å². The molecule has 0 aliphatic carbocycles. The van der Waals surface area contributed by atoms with E-state index < -0.39 is 0 Å². The molecule has 0 aliphatic heterocycles. The van der Waals surface area contributed by atoms with Crippen molar-refractivity contribution in [1.29, 1.82) is 0 Å². The summed E-state index contributed by atoms with van der Waals surface area (Å²) in [4.78, 5) is 0. The molecule has 1 radical (unpaired) electrons. The summed E-state index contributed by atoms with van der Waals surface area (Å²) < 4.78 is 0. The summed E-state index contributed by atoms with van der Waals surface area (Å²) >= 11 is 0. The van der Waals surface area contributed by atoms with Crippen LogP contribution in [-0.2, 0) is 0 Å². The predicted molar refractivity (Wildman–Crippen MR) is 89.5 cm³/mol. The Morgan fingerprint density at radius 3 is 1.53 bits per heavy atom. The molecule has 0 aromatic heterocycles. The highest BCUT2D eigenvalue weighted by Gasteiger charge is 2.08. The third-order valence-corrected chi connectivity index (χ3v) is 4.29. The van der Waals surface area contributed by atoms with Gasteiger partial charge in [0.2, 0.25) is 0 Å². The summed E-state index contributed by atoms with van der Waals surface area (Å²) in [6.07, 6.45) is 21.3. The smallest absolute Gasteiger partial charge is 0.0414 e. The highest BCUT2D eigenvalue weighted by atomic mass is 14.1. The first kappa shape index (κ1) is 19.0. The fourth-order valence-electron chi connectivity index (χ4n) is 2.94. The first-order valence-corrected chi connectivity index (χ1v) is 9.14. The topological polar surface area (TPSA) is 0 Å². The molecule has 0 heteroatoms. The van der Waals surface area contributed by atoms with Crippen molar-refractivity contribution in [3.63, 3.8) is 0 Å². The van der Waals surface area contributed by atoms with E-state index in [0.29, 0.717) is 0 Å². The standard InChI is InChI=1S/C19H39/c1-4-7-10-12-15-18-19(16-13-9-6-3)17-14-11-8-5-2/h19H,2,4-18H2,1,3H3. The monoisotopic (exact) mass is 267 g/mol. The summed E-state index contributed by atoms with van der Waals surface area (Å²) in [6.45, 7) is 8.56. The Labute approximate surface area is 123 Å². The van der Waals surface area contributed by atoms with Crippen LogP contribution in [0.4, 0.5) is 0 Å². The third kappa shape index (κ3) is 14.2. The Morgan fingerprint density at radius 2 is 1.00 bits per heavy atom. The molecule has 0 spiro atoms. The van der Waals surface area contributed by atoms with Gasteiger partial charge >= 0.3 is 0 Å². The molecule has 19 heavy (non-hydrogen) atoms. The van der Waals surface area contributed by atoms with Crippen LogP contribution < -0.4 is 0 Å². The first-order valence-electron chi connectivity index (χ1n) is 9.14. The van der Waals surface area contributed by atoms with Crippen LogP contribution in [0.15, 0.2) is 0 Å². The molecule has 0 aromatic carbocycles. The Morgan fingerprint density at radius 1 is 0.579 bits per heavy atom. The molecule has 0 N–H and O–H groups in total. The van der Waals surface area contributed by atoms with Crippen LogP contribution in [0, 0.1) is 12.8 Å². The van der Waals surface area contributed by atoms with E-state index in [-0.39, 0.29) is 0 Å². The van der Waals surface area contributed by atoms with Crippen LogP contribution in [0.2, 0.25) is 0 Å². The SMILES string of the molecule is [CH2]CCCCCC(CCCCC)CCCCCCC. The van der Waals surface area contributed by atoms with E-state index in [2.05, 4.69) is 20.8 Å². The van der Waals surface area contributed by atoms with E-state index in [1.54, 1.807) is 0 Å². The second-order valence-corrected chi connectivity index (χ2v) is 6.27. The van der Waals surface area contributed by atoms with Gasteiger partial charge in [-0.2, -0.15) is 0 Å². The molecule has 0 nitrogen and oxygen atoms in total. The maximum Gasteiger partial charge on any atom is -0.0414 e. The molecule has 0 saturated heterocycles. The highest BCUT2D eigenvalue weighted by molar-refractivity contribution is 4.61. The van der Waals surface area contributed by atoms with Gasteiger partial charge in [-0.1, -0.05) is 117 Å². The zero-order valence-electron chi connectivity index (χ0n) is 13.9. The van der Waals surface area contributed by atoms with Gasteiger partial charge in [0, 0.05) is 0 Å². The van der Waals surface area contributed by atoms with Gasteiger partial charge in [-0.05, 0) is 5.92 Å². The zero-order chi connectivity index (χ0) is 14.2. The fourth-order valence-corrected chi connectivity index (χ4v) is 2.94. The molecule has 0 amide bonds. The summed E-state index contributed by atoms with van der Waals surface area (Å²) in [7, 11) is 0. The maximum atomic E-state index is 3.94. The lowest BCUT2D eigenvalue weighted by molar-refractivity contribution is 0.369. The van der Waals surface area contributed by atoms with Crippen LogP contribution in [0.5, 0.6) is 0 Å². The Bertz CT molecular complexity index is 150. The van der Waals surface area contributed by atoms with Gasteiger partial charge < -0.3 is 0 Å². The van der Waals surface area contributed by atoms with Gasteiger partial charge in [0.15, 0.2) is 0 Å². The van der Waals surface area contributed by atoms with E-state index in [1.807, 2.05) is 0 Å². The lowest BCUT2D eigenvalue weighted by atomic mass is 9.90. The zero-order valence-corrected chi connectivity index (χ0v) is 13.9. The Hall–Kier alpha value is 0. The molecule has 0 heterocycles. The number of hydrogen-bond acceptors (Lipinski definition) is 0. The average molecular weight is 268 g/mol. The Kier molecular flexibility index (Phi) is 16.1. The van der Waals surface area contributed by atoms with E-state index >= 15 is 0 Å². The molecule has 1 unspecified atom stereocenters. The summed E-state index contributed by atoms with van der Waals surface area (Å²) in [5, 5.41) is 0. The van der Waals surface area contributed by atoms with Gasteiger partial charge in [-0.3, -0.25) is 0 Å². The van der Waals surface area contributed by atoms with Crippen molar-refractivity contribution in [3.05, 3.63) is 6.92 Å². The van der Waals surface area contributed by atoms with Crippen LogP contribution in [0.1, 0.15) is 110 Å². The minimum absolute atomic E-state index is 1.03. The van der Waals surface area contributed by atoms with E-state index in [0.717, 1.165) is 12.3 Å². The summed E-state index contributed by atoms with van der Waals surface area (Å²) in [6, 6.07) is 0. The van der Waals surface area contributed by atoms with Crippen molar-refractivity contribution in [2.45, 2.75) is 110 Å². The highest BCUT2D eigenvalue weighted by Crippen LogP contribution is 2.23. The van der Waals surface area contributed by atoms with Crippen molar-refractivity contribution in [2.24, 2.45) is 5.92 Å². The largest absolute Gasteiger partial charge is 0.0654 e. The van der Waals surface area contributed by atoms with Crippen LogP contribution in [-0.4, -0.2) is 0 Å². The number of unbranched alkanes of at least 4 members (excludes halogenated alkanes) is 9. The molecule has 0 aliphatic rings. The summed E-state index contributed by atoms with van der Waals surface area (Å²) in [5.41, 5.74) is 0. The minimum Gasteiger partial charge on any atom is -0.0654 e. The molecule has 0 fully saturated rings. The van der Waals surface area contributed by atoms with Gasteiger partial charge in [0.1, 0.15) is 0 Å². The average Bonchev–Trinajstić information content (AvgIpc) is 2.42. The predicted octanol–water partition coefficient (Wildman–Crippen LogP) is 7.33. The second-order valence-electron chi connectivity index (χ2n) is 6.27. The van der Waals surface area contributed by atoms with Crippen molar-refractivity contribution in [3.8, 4) is 0 Å². The molecule has 0 rings (SSSR count). The van der Waals surface area contributed by atoms with E-state index in [9.17, 15) is 0 Å². The maximum absolute atomic E-state index is 3.94. The third-order valence-electron chi connectivity index (χ3n) is 4.29. The first-order chi connectivity index (χ1) is 9.35. The van der Waals surface area contributed by atoms with Gasteiger partial charge in [0.25, 0.3) is 0 Å². The summed E-state index contributed by atoms with van der Waals surface area (Å²) in [5.74, 6) is 1.03. The van der Waals surface area contributed by atoms with Crippen LogP contribution >= 0.6 is 0 Å². The van der Waals surface area contributed by atoms with Gasteiger partial charge in [-0.25, -0.2) is 0 Å². The second kappa shape index (κ2) is 16.1. The lowest BCUT2D eigenvalue weighted by Gasteiger charge is -2.16. The molecule has 1 atom stereocenters. The molecular formula is C19H39. The van der Waals surface area contributed by atoms with Gasteiger partial charge in [-0.15, -0.1) is 0 Å². The molecule has 115 valence electrons. The molecule has 0 saturated carbocycles. The van der Waals surface area contributed by atoms with Crippen LogP contribution in [0.3, 0.4) is 0 Å². The lowest BCUT2D eigenvalue weighted by Crippen LogP contribution is -2.01. The van der Waals surface area contributed by atoms with Crippen molar-refractivity contribution >= 4 is 0 Å². The fraction of sp³-hybridized carbons (Fsp3) is 0.947. The normalized spacial score (nSPS) is 12.8. The van der Waals surface area contributed by atoms with E-state index in [4.69, 9.17) is 0 Å². The molecule has 0 aromatic rings. The van der Waals surface area contributed by atoms with Crippen molar-refractivity contribution in [1.82, 2.24) is 0 Å². The molecular weight excluding hydrogens is 228 g/mol. The number of rotatable bonds is 15. The van der Waals surface area contributed by atoms with Crippen LogP contribution in [0.25, 0.3) is 0 Å².